The second-order valence-electron chi connectivity index (χ2n) is 8.36. The van der Waals surface area contributed by atoms with Crippen LogP contribution in [0.1, 0.15) is 29.0 Å². The number of likely N-dealkylation sites (tertiary alicyclic amines) is 1. The molecule has 1 saturated heterocycles. The third-order valence-corrected chi connectivity index (χ3v) is 6.02. The maximum atomic E-state index is 13.9. The number of hydrogen-bond donors (Lipinski definition) is 0. The van der Waals surface area contributed by atoms with Crippen LogP contribution in [-0.2, 0) is 30.5 Å². The fraction of sp³-hybridized carbons (Fsp3) is 0.207. The number of rotatable bonds is 7. The average Bonchev–Trinajstić information content (AvgIpc) is 3.32. The number of benzene rings is 3. The van der Waals surface area contributed by atoms with Crippen LogP contribution < -0.4 is 0 Å². The molecule has 3 aromatic carbocycles. The molecule has 1 amide bonds. The lowest BCUT2D eigenvalue weighted by Crippen LogP contribution is -2.43. The molecule has 6 nitrogen and oxygen atoms in total. The van der Waals surface area contributed by atoms with Gasteiger partial charge in [-0.05, 0) is 22.3 Å². The lowest BCUT2D eigenvalue weighted by atomic mass is 9.90. The molecule has 178 valence electrons. The van der Waals surface area contributed by atoms with Gasteiger partial charge in [0.15, 0.2) is 0 Å². The first-order valence-corrected chi connectivity index (χ1v) is 11.4. The summed E-state index contributed by atoms with van der Waals surface area (Å²) in [6.07, 6.45) is 1.60. The smallest absolute Gasteiger partial charge is 0.331 e. The molecule has 6 heteroatoms. The Labute approximate surface area is 204 Å². The number of methoxy groups -OCH3 is 1. The number of hydrogen-bond acceptors (Lipinski definition) is 5. The van der Waals surface area contributed by atoms with Gasteiger partial charge < -0.3 is 14.4 Å². The predicted molar refractivity (Wildman–Crippen MR) is 131 cm³/mol. The Morgan fingerprint density at radius 3 is 1.97 bits per heavy atom. The molecule has 3 aromatic rings. The average molecular weight is 470 g/mol. The van der Waals surface area contributed by atoms with Gasteiger partial charge in [0.05, 0.1) is 13.0 Å². The summed E-state index contributed by atoms with van der Waals surface area (Å²) in [7, 11) is 1.30. The summed E-state index contributed by atoms with van der Waals surface area (Å²) >= 11 is 0. The van der Waals surface area contributed by atoms with Crippen molar-refractivity contribution in [2.45, 2.75) is 25.0 Å². The lowest BCUT2D eigenvalue weighted by molar-refractivity contribution is -0.151. The molecule has 0 spiro atoms. The molecule has 0 aliphatic carbocycles. The summed E-state index contributed by atoms with van der Waals surface area (Å²) in [5.41, 5.74) is 3.18. The normalized spacial score (nSPS) is 16.3. The van der Waals surface area contributed by atoms with E-state index in [0.717, 1.165) is 16.7 Å². The molecule has 0 saturated carbocycles. The van der Waals surface area contributed by atoms with Crippen molar-refractivity contribution in [3.63, 3.8) is 0 Å². The third kappa shape index (κ3) is 5.84. The van der Waals surface area contributed by atoms with Crippen molar-refractivity contribution < 1.29 is 23.9 Å². The summed E-state index contributed by atoms with van der Waals surface area (Å²) < 4.78 is 10.3. The zero-order valence-electron chi connectivity index (χ0n) is 19.5. The van der Waals surface area contributed by atoms with E-state index in [1.807, 2.05) is 91.0 Å². The summed E-state index contributed by atoms with van der Waals surface area (Å²) in [6.45, 7) is 0.297. The molecule has 0 unspecified atom stereocenters. The van der Waals surface area contributed by atoms with Crippen LogP contribution in [0.25, 0.3) is 0 Å². The van der Waals surface area contributed by atoms with Gasteiger partial charge in [0.1, 0.15) is 12.6 Å². The molecule has 4 rings (SSSR count). The summed E-state index contributed by atoms with van der Waals surface area (Å²) in [5, 5.41) is 0. The third-order valence-electron chi connectivity index (χ3n) is 6.02. The van der Waals surface area contributed by atoms with E-state index >= 15 is 0 Å². The highest BCUT2D eigenvalue weighted by atomic mass is 16.5. The number of amides is 1. The van der Waals surface area contributed by atoms with Crippen molar-refractivity contribution in [2.24, 2.45) is 0 Å². The van der Waals surface area contributed by atoms with Crippen molar-refractivity contribution >= 4 is 17.8 Å². The molecule has 1 fully saturated rings. The van der Waals surface area contributed by atoms with Gasteiger partial charge in [0.25, 0.3) is 0 Å². The van der Waals surface area contributed by atoms with Gasteiger partial charge in [0.2, 0.25) is 5.91 Å². The SMILES string of the molecule is COC(=O)[C@@H]1C/C(=C/C(=O)OCc2ccccc2)CN1C(=O)C(c1ccccc1)c1ccccc1. The van der Waals surface area contributed by atoms with Gasteiger partial charge >= 0.3 is 11.9 Å². The first-order valence-electron chi connectivity index (χ1n) is 11.4. The minimum atomic E-state index is -0.810. The van der Waals surface area contributed by atoms with Crippen molar-refractivity contribution in [3.05, 3.63) is 119 Å². The topological polar surface area (TPSA) is 72.9 Å². The zero-order chi connectivity index (χ0) is 24.6. The Kier molecular flexibility index (Phi) is 7.73. The highest BCUT2D eigenvalue weighted by Gasteiger charge is 2.41. The molecule has 1 heterocycles. The zero-order valence-corrected chi connectivity index (χ0v) is 19.5. The van der Waals surface area contributed by atoms with Crippen LogP contribution in [0.15, 0.2) is 103 Å². The van der Waals surface area contributed by atoms with E-state index in [4.69, 9.17) is 9.47 Å². The van der Waals surface area contributed by atoms with Gasteiger partial charge in [-0.15, -0.1) is 0 Å². The van der Waals surface area contributed by atoms with Crippen molar-refractivity contribution in [2.75, 3.05) is 13.7 Å². The standard InChI is InChI=1S/C29H27NO5/c1-34-29(33)25-17-22(18-26(31)35-20-21-11-5-2-6-12-21)19-30(25)28(32)27(23-13-7-3-8-14-23)24-15-9-4-10-16-24/h2-16,18,25,27H,17,19-20H2,1H3/b22-18-/t25-/m0/s1. The first-order chi connectivity index (χ1) is 17.1. The van der Waals surface area contributed by atoms with Crippen molar-refractivity contribution in [1.82, 2.24) is 4.90 Å². The number of ether oxygens (including phenoxy) is 2. The van der Waals surface area contributed by atoms with Gasteiger partial charge in [0, 0.05) is 19.0 Å². The molecule has 35 heavy (non-hydrogen) atoms. The molecule has 0 radical (unpaired) electrons. The van der Waals surface area contributed by atoms with Crippen molar-refractivity contribution in [1.29, 1.82) is 0 Å². The van der Waals surface area contributed by atoms with Crippen LogP contribution in [0.3, 0.4) is 0 Å². The largest absolute Gasteiger partial charge is 0.467 e. The molecule has 0 bridgehead atoms. The highest BCUT2D eigenvalue weighted by molar-refractivity contribution is 5.93. The predicted octanol–water partition coefficient (Wildman–Crippen LogP) is 4.26. The van der Waals surface area contributed by atoms with Crippen LogP contribution in [-0.4, -0.2) is 42.4 Å². The summed E-state index contributed by atoms with van der Waals surface area (Å²) in [6, 6.07) is 27.5. The van der Waals surface area contributed by atoms with E-state index in [0.29, 0.717) is 5.57 Å². The minimum absolute atomic E-state index is 0.148. The first kappa shape index (κ1) is 24.0. The van der Waals surface area contributed by atoms with Crippen LogP contribution in [0.5, 0.6) is 0 Å². The van der Waals surface area contributed by atoms with E-state index in [9.17, 15) is 14.4 Å². The Morgan fingerprint density at radius 1 is 0.886 bits per heavy atom. The molecular weight excluding hydrogens is 442 g/mol. The molecule has 0 aromatic heterocycles. The fourth-order valence-corrected chi connectivity index (χ4v) is 4.31. The van der Waals surface area contributed by atoms with Crippen LogP contribution >= 0.6 is 0 Å². The van der Waals surface area contributed by atoms with E-state index in [-0.39, 0.29) is 25.5 Å². The molecular formula is C29H27NO5. The van der Waals surface area contributed by atoms with E-state index < -0.39 is 23.9 Å². The quantitative estimate of drug-likeness (QED) is 0.382. The maximum Gasteiger partial charge on any atom is 0.331 e. The Bertz CT molecular complexity index is 1150. The number of nitrogens with zero attached hydrogens (tertiary/aromatic N) is 1. The van der Waals surface area contributed by atoms with Crippen LogP contribution in [0.2, 0.25) is 0 Å². The number of carbonyl (C=O) groups is 3. The molecule has 1 aliphatic rings. The second-order valence-corrected chi connectivity index (χ2v) is 8.36. The summed E-state index contributed by atoms with van der Waals surface area (Å²) in [5.74, 6) is -1.84. The monoisotopic (exact) mass is 469 g/mol. The van der Waals surface area contributed by atoms with Crippen molar-refractivity contribution in [3.8, 4) is 0 Å². The van der Waals surface area contributed by atoms with E-state index in [1.165, 1.54) is 18.1 Å². The van der Waals surface area contributed by atoms with Gasteiger partial charge in [-0.1, -0.05) is 91.0 Å². The highest BCUT2D eigenvalue weighted by Crippen LogP contribution is 2.32. The number of esters is 2. The van der Waals surface area contributed by atoms with E-state index in [2.05, 4.69) is 0 Å². The minimum Gasteiger partial charge on any atom is -0.467 e. The van der Waals surface area contributed by atoms with Gasteiger partial charge in [-0.2, -0.15) is 0 Å². The second kappa shape index (κ2) is 11.3. The van der Waals surface area contributed by atoms with Crippen LogP contribution in [0, 0.1) is 0 Å². The molecule has 0 N–H and O–H groups in total. The maximum absolute atomic E-state index is 13.9. The van der Waals surface area contributed by atoms with Crippen LogP contribution in [0.4, 0.5) is 0 Å². The Hall–Kier alpha value is -4.19. The Balaban J connectivity index is 1.57. The number of carbonyl (C=O) groups excluding carboxylic acids is 3. The molecule has 1 aliphatic heterocycles. The summed E-state index contributed by atoms with van der Waals surface area (Å²) in [4.78, 5) is 40.5. The molecule has 1 atom stereocenters. The van der Waals surface area contributed by atoms with E-state index in [1.54, 1.807) is 0 Å². The van der Waals surface area contributed by atoms with Gasteiger partial charge in [-0.25, -0.2) is 9.59 Å². The Morgan fingerprint density at radius 2 is 1.43 bits per heavy atom. The fourth-order valence-electron chi connectivity index (χ4n) is 4.31. The lowest BCUT2D eigenvalue weighted by Gasteiger charge is -2.27. The van der Waals surface area contributed by atoms with Gasteiger partial charge in [-0.3, -0.25) is 4.79 Å².